The number of nitrogens with zero attached hydrogens (tertiary/aromatic N) is 2. The van der Waals surface area contributed by atoms with Crippen molar-refractivity contribution in [3.05, 3.63) is 63.3 Å². The van der Waals surface area contributed by atoms with Crippen LogP contribution in [0.1, 0.15) is 16.7 Å². The van der Waals surface area contributed by atoms with Crippen LogP contribution < -0.4 is 10.2 Å². The summed E-state index contributed by atoms with van der Waals surface area (Å²) in [6, 6.07) is 11.4. The predicted octanol–water partition coefficient (Wildman–Crippen LogP) is 3.54. The number of rotatable bonds is 4. The van der Waals surface area contributed by atoms with Crippen LogP contribution in [0.5, 0.6) is 5.75 Å². The topological polar surface area (TPSA) is 63.0 Å². The molecule has 2 heterocycles. The number of ether oxygens (including phenoxy) is 1. The molecule has 0 saturated carbocycles. The van der Waals surface area contributed by atoms with Crippen molar-refractivity contribution in [2.45, 2.75) is 20.8 Å². The highest BCUT2D eigenvalue weighted by molar-refractivity contribution is 5.84. The molecule has 0 radical (unpaired) electrons. The highest BCUT2D eigenvalue weighted by Gasteiger charge is 2.23. The van der Waals surface area contributed by atoms with E-state index in [9.17, 15) is 9.59 Å². The van der Waals surface area contributed by atoms with E-state index in [0.29, 0.717) is 29.8 Å². The largest absolute Gasteiger partial charge is 0.476 e. The number of likely N-dealkylation sites (N-methyl/N-ethyl adjacent to an activating group) is 1. The van der Waals surface area contributed by atoms with Crippen LogP contribution in [0.25, 0.3) is 22.3 Å². The second-order valence-corrected chi connectivity index (χ2v) is 8.36. The second kappa shape index (κ2) is 8.55. The van der Waals surface area contributed by atoms with Crippen molar-refractivity contribution in [3.63, 3.8) is 0 Å². The highest BCUT2D eigenvalue weighted by Crippen LogP contribution is 2.32. The summed E-state index contributed by atoms with van der Waals surface area (Å²) in [5.74, 6) is 0.316. The van der Waals surface area contributed by atoms with E-state index in [0.717, 1.165) is 35.3 Å². The molecule has 0 spiro atoms. The van der Waals surface area contributed by atoms with Gasteiger partial charge < -0.3 is 19.0 Å². The van der Waals surface area contributed by atoms with Crippen molar-refractivity contribution in [1.29, 1.82) is 0 Å². The van der Waals surface area contributed by atoms with E-state index in [1.165, 1.54) is 0 Å². The number of fused-ring (bicyclic) bond motifs is 1. The average Bonchev–Trinajstić information content (AvgIpc) is 2.75. The SMILES string of the molecule is Cc1ccc(-c2oc3cc(C)c(C)cc3c(=O)c2OCC(=O)N2CCN(C)CC2)cc1. The zero-order valence-electron chi connectivity index (χ0n) is 18.5. The molecule has 1 aromatic heterocycles. The lowest BCUT2D eigenvalue weighted by Crippen LogP contribution is -2.48. The van der Waals surface area contributed by atoms with Crippen molar-refractivity contribution in [3.8, 4) is 17.1 Å². The molecule has 3 aromatic rings. The quantitative estimate of drug-likeness (QED) is 0.646. The average molecular weight is 421 g/mol. The monoisotopic (exact) mass is 420 g/mol. The molecule has 1 fully saturated rings. The molecule has 0 unspecified atom stereocenters. The standard InChI is InChI=1S/C25H28N2O4/c1-16-5-7-19(8-6-16)24-25(30-15-22(28)27-11-9-26(4)10-12-27)23(29)20-13-17(2)18(3)14-21(20)31-24/h5-8,13-14H,9-12,15H2,1-4H3. The number of carbonyl (C=O) groups excluding carboxylic acids is 1. The fraction of sp³-hybridized carbons (Fsp3) is 0.360. The minimum absolute atomic E-state index is 0.0853. The Balaban J connectivity index is 1.73. The first-order valence-electron chi connectivity index (χ1n) is 10.6. The van der Waals surface area contributed by atoms with Gasteiger partial charge in [0.2, 0.25) is 11.2 Å². The van der Waals surface area contributed by atoms with E-state index in [1.54, 1.807) is 4.90 Å². The third kappa shape index (κ3) is 4.35. The minimum Gasteiger partial charge on any atom is -0.476 e. The van der Waals surface area contributed by atoms with Gasteiger partial charge in [-0.25, -0.2) is 0 Å². The Kier molecular flexibility index (Phi) is 5.83. The number of aryl methyl sites for hydroxylation is 3. The van der Waals surface area contributed by atoms with Crippen LogP contribution in [0.15, 0.2) is 45.6 Å². The third-order valence-corrected chi connectivity index (χ3v) is 5.97. The molecule has 1 saturated heterocycles. The maximum atomic E-state index is 13.4. The Bertz CT molecular complexity index is 1170. The van der Waals surface area contributed by atoms with Gasteiger partial charge in [-0.05, 0) is 51.1 Å². The summed E-state index contributed by atoms with van der Waals surface area (Å²) in [4.78, 5) is 30.0. The van der Waals surface area contributed by atoms with Crippen LogP contribution in [0, 0.1) is 20.8 Å². The van der Waals surface area contributed by atoms with Crippen LogP contribution >= 0.6 is 0 Å². The van der Waals surface area contributed by atoms with Crippen molar-refractivity contribution in [2.24, 2.45) is 0 Å². The van der Waals surface area contributed by atoms with Gasteiger partial charge in [-0.2, -0.15) is 0 Å². The lowest BCUT2D eigenvalue weighted by Gasteiger charge is -2.32. The summed E-state index contributed by atoms with van der Waals surface area (Å²) in [7, 11) is 2.04. The number of hydrogen-bond acceptors (Lipinski definition) is 5. The molecule has 0 atom stereocenters. The number of amides is 1. The Hall–Kier alpha value is -3.12. The van der Waals surface area contributed by atoms with Crippen molar-refractivity contribution in [1.82, 2.24) is 9.80 Å². The molecular weight excluding hydrogens is 392 g/mol. The Morgan fingerprint density at radius 2 is 1.65 bits per heavy atom. The summed E-state index contributed by atoms with van der Waals surface area (Å²) in [5.41, 5.74) is 4.15. The molecule has 1 amide bonds. The van der Waals surface area contributed by atoms with Crippen LogP contribution in [0.2, 0.25) is 0 Å². The second-order valence-electron chi connectivity index (χ2n) is 8.36. The van der Waals surface area contributed by atoms with Gasteiger partial charge >= 0.3 is 0 Å². The lowest BCUT2D eigenvalue weighted by atomic mass is 10.0. The zero-order chi connectivity index (χ0) is 22.1. The summed E-state index contributed by atoms with van der Waals surface area (Å²) in [5, 5.41) is 0.459. The minimum atomic E-state index is -0.258. The highest BCUT2D eigenvalue weighted by atomic mass is 16.5. The first-order chi connectivity index (χ1) is 14.8. The van der Waals surface area contributed by atoms with E-state index < -0.39 is 0 Å². The lowest BCUT2D eigenvalue weighted by molar-refractivity contribution is -0.134. The van der Waals surface area contributed by atoms with Gasteiger partial charge in [0, 0.05) is 31.7 Å². The number of carbonyl (C=O) groups is 1. The predicted molar refractivity (Wildman–Crippen MR) is 122 cm³/mol. The maximum absolute atomic E-state index is 13.4. The van der Waals surface area contributed by atoms with Gasteiger partial charge in [0.25, 0.3) is 5.91 Å². The molecule has 4 rings (SSSR count). The van der Waals surface area contributed by atoms with Crippen LogP contribution in [-0.4, -0.2) is 55.5 Å². The smallest absolute Gasteiger partial charge is 0.260 e. The Morgan fingerprint density at radius 3 is 2.32 bits per heavy atom. The van der Waals surface area contributed by atoms with E-state index in [2.05, 4.69) is 4.90 Å². The molecule has 31 heavy (non-hydrogen) atoms. The van der Waals surface area contributed by atoms with Gasteiger partial charge in [-0.15, -0.1) is 0 Å². The Morgan fingerprint density at radius 1 is 1.00 bits per heavy atom. The molecule has 2 aromatic carbocycles. The molecule has 1 aliphatic rings. The van der Waals surface area contributed by atoms with E-state index in [4.69, 9.17) is 9.15 Å². The Labute approximate surface area is 182 Å². The summed E-state index contributed by atoms with van der Waals surface area (Å²) in [6.07, 6.45) is 0. The van der Waals surface area contributed by atoms with Gasteiger partial charge in [0.1, 0.15) is 5.58 Å². The normalized spacial score (nSPS) is 14.8. The molecule has 1 aliphatic heterocycles. The fourth-order valence-corrected chi connectivity index (χ4v) is 3.74. The fourth-order valence-electron chi connectivity index (χ4n) is 3.74. The third-order valence-electron chi connectivity index (χ3n) is 5.97. The van der Waals surface area contributed by atoms with Crippen molar-refractivity contribution >= 4 is 16.9 Å². The molecule has 0 bridgehead atoms. The summed E-state index contributed by atoms with van der Waals surface area (Å²) >= 11 is 0. The number of benzene rings is 2. The molecule has 6 nitrogen and oxygen atoms in total. The van der Waals surface area contributed by atoms with Crippen LogP contribution in [0.4, 0.5) is 0 Å². The van der Waals surface area contributed by atoms with Crippen LogP contribution in [-0.2, 0) is 4.79 Å². The van der Waals surface area contributed by atoms with E-state index in [-0.39, 0.29) is 23.7 Å². The molecule has 0 N–H and O–H groups in total. The maximum Gasteiger partial charge on any atom is 0.260 e. The zero-order valence-corrected chi connectivity index (χ0v) is 18.5. The first kappa shape index (κ1) is 21.1. The van der Waals surface area contributed by atoms with Crippen molar-refractivity contribution in [2.75, 3.05) is 39.8 Å². The molecular formula is C25H28N2O4. The van der Waals surface area contributed by atoms with E-state index >= 15 is 0 Å². The van der Waals surface area contributed by atoms with Crippen molar-refractivity contribution < 1.29 is 13.9 Å². The number of hydrogen-bond donors (Lipinski definition) is 0. The van der Waals surface area contributed by atoms with Crippen LogP contribution in [0.3, 0.4) is 0 Å². The summed E-state index contributed by atoms with van der Waals surface area (Å²) in [6.45, 7) is 8.73. The summed E-state index contributed by atoms with van der Waals surface area (Å²) < 4.78 is 12.0. The number of piperazine rings is 1. The van der Waals surface area contributed by atoms with Gasteiger partial charge in [0.05, 0.1) is 5.39 Å². The molecule has 6 heteroatoms. The van der Waals surface area contributed by atoms with E-state index in [1.807, 2.05) is 64.2 Å². The van der Waals surface area contributed by atoms with Gasteiger partial charge in [-0.3, -0.25) is 9.59 Å². The van der Waals surface area contributed by atoms with Gasteiger partial charge in [-0.1, -0.05) is 29.8 Å². The van der Waals surface area contributed by atoms with Gasteiger partial charge in [0.15, 0.2) is 12.4 Å². The molecule has 0 aliphatic carbocycles. The molecule has 162 valence electrons. The first-order valence-corrected chi connectivity index (χ1v) is 10.6.